The molecule has 3 heteroatoms. The first kappa shape index (κ1) is 27.2. The van der Waals surface area contributed by atoms with Gasteiger partial charge in [-0.3, -0.25) is 0 Å². The Morgan fingerprint density at radius 2 is 0.739 bits per heavy atom. The first-order valence-electron chi connectivity index (χ1n) is 6.33. The van der Waals surface area contributed by atoms with Crippen molar-refractivity contribution in [2.24, 2.45) is 0 Å². The van der Waals surface area contributed by atoms with E-state index in [-0.39, 0.29) is 61.8 Å². The number of rotatable bonds is 0. The second-order valence-electron chi connectivity index (χ2n) is 3.57. The Labute approximate surface area is 181 Å². The molecule has 0 heterocycles. The van der Waals surface area contributed by atoms with E-state index in [2.05, 4.69) is 24.3 Å². The van der Waals surface area contributed by atoms with Crippen LogP contribution in [0.5, 0.6) is 0 Å². The molecule has 4 rings (SSSR count). The molecule has 0 saturated heterocycles. The molecule has 0 nitrogen and oxygen atoms in total. The summed E-state index contributed by atoms with van der Waals surface area (Å²) in [6, 6.07) is 42.0. The molecule has 4 aromatic rings. The van der Waals surface area contributed by atoms with Gasteiger partial charge in [-0.05, 0) is 0 Å². The van der Waals surface area contributed by atoms with E-state index in [9.17, 15) is 0 Å². The van der Waals surface area contributed by atoms with Crippen molar-refractivity contribution in [2.75, 3.05) is 0 Å². The molecular weight excluding hydrogens is 553 g/mol. The zero-order valence-electron chi connectivity index (χ0n) is 12.7. The van der Waals surface area contributed by atoms with Gasteiger partial charge in [-0.2, -0.15) is 54.6 Å². The molecule has 23 heavy (non-hydrogen) atoms. The van der Waals surface area contributed by atoms with Crippen molar-refractivity contribution < 1.29 is 61.8 Å². The van der Waals surface area contributed by atoms with E-state index in [1.165, 1.54) is 0 Å². The van der Waals surface area contributed by atoms with E-state index in [0.29, 0.717) is 0 Å². The van der Waals surface area contributed by atoms with Gasteiger partial charge in [0.2, 0.25) is 0 Å². The number of hydrogen-bond donors (Lipinski definition) is 0. The largest absolute Gasteiger partial charge is 0.999 e. The van der Waals surface area contributed by atoms with Crippen molar-refractivity contribution in [2.45, 2.75) is 0 Å². The van der Waals surface area contributed by atoms with Crippen molar-refractivity contribution in [1.29, 1.82) is 0 Å². The minimum atomic E-state index is 0. The Morgan fingerprint density at radius 3 is 0.826 bits per heavy atom. The second-order valence-corrected chi connectivity index (χ2v) is 3.57. The average molecular weight is 569 g/mol. The first-order chi connectivity index (χ1) is 10.0. The Bertz CT molecular complexity index is 347. The zero-order chi connectivity index (χ0) is 14.1. The van der Waals surface area contributed by atoms with Crippen LogP contribution in [0.15, 0.2) is 97.1 Å². The van der Waals surface area contributed by atoms with Crippen LogP contribution in [0.1, 0.15) is 0 Å². The van der Waals surface area contributed by atoms with Gasteiger partial charge in [0.15, 0.2) is 0 Å². The summed E-state index contributed by atoms with van der Waals surface area (Å²) in [7, 11) is 0. The Kier molecular flexibility index (Phi) is 28.0. The van der Waals surface area contributed by atoms with Crippen LogP contribution >= 0.6 is 0 Å². The molecule has 0 fully saturated rings. The molecule has 0 radical (unpaired) electrons. The van der Waals surface area contributed by atoms with E-state index in [4.69, 9.17) is 0 Å². The van der Waals surface area contributed by atoms with Crippen LogP contribution in [-0.4, -0.2) is 0 Å². The van der Waals surface area contributed by atoms with Gasteiger partial charge in [0.05, 0.1) is 0 Å². The van der Waals surface area contributed by atoms with Crippen LogP contribution in [0.25, 0.3) is 0 Å². The Balaban J connectivity index is -0.000000222. The maximum Gasteiger partial charge on any atom is 0 e. The van der Waals surface area contributed by atoms with Gasteiger partial charge in [-0.1, -0.05) is 0 Å². The second kappa shape index (κ2) is 23.6. The average Bonchev–Trinajstić information content (AvgIpc) is 3.40. The van der Waals surface area contributed by atoms with Crippen molar-refractivity contribution in [1.82, 2.24) is 0 Å². The predicted octanol–water partition coefficient (Wildman–Crippen LogP) is 4.82. The summed E-state index contributed by atoms with van der Waals surface area (Å²) < 4.78 is 0. The third-order valence-corrected chi connectivity index (χ3v) is 2.02. The first-order valence-corrected chi connectivity index (χ1v) is 6.33. The molecular formula is C20H16Fe2Hg-8. The standard InChI is InChI=1S/3C5H5.C5H.2Fe.Hg/c4*1-2-4-5-3-1;;;/h3*1-5H;1H;;;/q3*-1;-5;;;. The summed E-state index contributed by atoms with van der Waals surface area (Å²) >= 11 is 0. The molecule has 0 aliphatic carbocycles. The van der Waals surface area contributed by atoms with Crippen LogP contribution in [0.3, 0.4) is 0 Å². The van der Waals surface area contributed by atoms with E-state index >= 15 is 0 Å². The Hall–Kier alpha value is -0.626. The van der Waals surface area contributed by atoms with Gasteiger partial charge in [0, 0.05) is 61.8 Å². The third kappa shape index (κ3) is 21.4. The topological polar surface area (TPSA) is 0 Å². The molecule has 0 spiro atoms. The summed E-state index contributed by atoms with van der Waals surface area (Å²) in [6.07, 6.45) is 0. The van der Waals surface area contributed by atoms with Crippen molar-refractivity contribution in [3.63, 3.8) is 0 Å². The Morgan fingerprint density at radius 1 is 0.478 bits per heavy atom. The van der Waals surface area contributed by atoms with Crippen molar-refractivity contribution >= 4 is 0 Å². The maximum atomic E-state index is 2.62. The van der Waals surface area contributed by atoms with Gasteiger partial charge >= 0.3 is 0 Å². The zero-order valence-corrected chi connectivity index (χ0v) is 20.4. The molecule has 122 valence electrons. The summed E-state index contributed by atoms with van der Waals surface area (Å²) in [6.45, 7) is 0. The van der Waals surface area contributed by atoms with Gasteiger partial charge in [0.25, 0.3) is 0 Å². The van der Waals surface area contributed by atoms with E-state index in [1.807, 2.05) is 91.0 Å². The molecule has 0 aliphatic rings. The number of hydrogen-bond acceptors (Lipinski definition) is 0. The fourth-order valence-corrected chi connectivity index (χ4v) is 1.14. The summed E-state index contributed by atoms with van der Waals surface area (Å²) in [4.78, 5) is 0. The van der Waals surface area contributed by atoms with E-state index < -0.39 is 0 Å². The molecule has 0 aliphatic heterocycles. The molecule has 0 saturated carbocycles. The van der Waals surface area contributed by atoms with Crippen LogP contribution in [0.2, 0.25) is 0 Å². The van der Waals surface area contributed by atoms with Crippen LogP contribution in [-0.2, 0) is 61.8 Å². The van der Waals surface area contributed by atoms with Crippen LogP contribution in [0, 0.1) is 24.3 Å². The van der Waals surface area contributed by atoms with Gasteiger partial charge in [-0.25, -0.2) is 36.4 Å². The molecule has 0 aromatic heterocycles. The fraction of sp³-hybridized carbons (Fsp3) is 0. The monoisotopic (exact) mass is 570 g/mol. The predicted molar refractivity (Wildman–Crippen MR) is 83.5 cm³/mol. The summed E-state index contributed by atoms with van der Waals surface area (Å²) in [5, 5.41) is 0. The minimum Gasteiger partial charge on any atom is -0.999 e. The normalized spacial score (nSPS) is 6.96. The molecule has 4 aromatic carbocycles. The SMILES string of the molecule is [Fe].[Fe].[Hg].[c-]1[c-][c-][cH-][c-]1.c1cc[cH-]c1.c1cc[cH-]c1.c1cc[cH-]c1. The van der Waals surface area contributed by atoms with Gasteiger partial charge < -0.3 is 30.3 Å². The molecule has 0 unspecified atom stereocenters. The third-order valence-electron chi connectivity index (χ3n) is 2.02. The van der Waals surface area contributed by atoms with Crippen molar-refractivity contribution in [3.05, 3.63) is 121 Å². The minimum absolute atomic E-state index is 0. The summed E-state index contributed by atoms with van der Waals surface area (Å²) in [5.41, 5.74) is 0. The van der Waals surface area contributed by atoms with E-state index in [0.717, 1.165) is 0 Å². The molecule has 0 bridgehead atoms. The van der Waals surface area contributed by atoms with Crippen LogP contribution in [0.4, 0.5) is 0 Å². The quantitative estimate of drug-likeness (QED) is 0.211. The van der Waals surface area contributed by atoms with Crippen molar-refractivity contribution in [3.8, 4) is 0 Å². The van der Waals surface area contributed by atoms with Gasteiger partial charge in [-0.15, -0.1) is 0 Å². The molecule has 0 atom stereocenters. The fourth-order valence-electron chi connectivity index (χ4n) is 1.14. The van der Waals surface area contributed by atoms with E-state index in [1.54, 1.807) is 6.07 Å². The molecule has 0 amide bonds. The van der Waals surface area contributed by atoms with Crippen LogP contribution < -0.4 is 0 Å². The smallest absolute Gasteiger partial charge is 0 e. The van der Waals surface area contributed by atoms with Gasteiger partial charge in [0.1, 0.15) is 0 Å². The molecule has 0 N–H and O–H groups in total. The maximum absolute atomic E-state index is 2.62. The summed E-state index contributed by atoms with van der Waals surface area (Å²) in [5.74, 6) is 0.